The van der Waals surface area contributed by atoms with E-state index in [9.17, 15) is 0 Å². The fraction of sp³-hybridized carbons (Fsp3) is 0.278. The van der Waals surface area contributed by atoms with Gasteiger partial charge in [0.2, 0.25) is 5.95 Å². The van der Waals surface area contributed by atoms with Gasteiger partial charge in [-0.3, -0.25) is 9.67 Å². The molecule has 4 heterocycles. The lowest BCUT2D eigenvalue weighted by molar-refractivity contribution is 0.482. The molecule has 1 fully saturated rings. The van der Waals surface area contributed by atoms with E-state index >= 15 is 0 Å². The largest absolute Gasteiger partial charge is 0.341 e. The van der Waals surface area contributed by atoms with E-state index in [0.717, 1.165) is 53.7 Å². The van der Waals surface area contributed by atoms with Crippen molar-refractivity contribution < 1.29 is 0 Å². The monoisotopic (exact) mass is 344 g/mol. The molecule has 8 heteroatoms. The van der Waals surface area contributed by atoms with Gasteiger partial charge in [0.05, 0.1) is 29.7 Å². The number of anilines is 1. The van der Waals surface area contributed by atoms with Gasteiger partial charge in [-0.25, -0.2) is 9.97 Å². The predicted octanol–water partition coefficient (Wildman–Crippen LogP) is 2.43. The summed E-state index contributed by atoms with van der Waals surface area (Å²) in [7, 11) is 0. The van der Waals surface area contributed by atoms with Crippen LogP contribution in [0.25, 0.3) is 27.8 Å². The van der Waals surface area contributed by atoms with Crippen LogP contribution in [0.5, 0.6) is 0 Å². The Bertz CT molecular complexity index is 1130. The van der Waals surface area contributed by atoms with Crippen molar-refractivity contribution in [2.75, 3.05) is 18.0 Å². The van der Waals surface area contributed by atoms with Gasteiger partial charge < -0.3 is 4.90 Å². The molecular formula is C18H16N8. The number of aromatic amines is 1. The molecule has 1 N–H and O–H groups in total. The van der Waals surface area contributed by atoms with Gasteiger partial charge >= 0.3 is 0 Å². The second-order valence-corrected chi connectivity index (χ2v) is 6.53. The molecule has 0 spiro atoms. The molecule has 0 aliphatic carbocycles. The van der Waals surface area contributed by atoms with Crippen molar-refractivity contribution in [1.82, 2.24) is 29.7 Å². The maximum atomic E-state index is 9.07. The molecule has 1 saturated heterocycles. The second kappa shape index (κ2) is 5.81. The number of benzene rings is 1. The molecule has 128 valence electrons. The van der Waals surface area contributed by atoms with Crippen LogP contribution in [0.2, 0.25) is 0 Å². The van der Waals surface area contributed by atoms with Crippen molar-refractivity contribution in [3.63, 3.8) is 0 Å². The lowest BCUT2D eigenvalue weighted by Crippen LogP contribution is -2.34. The molecule has 0 unspecified atom stereocenters. The van der Waals surface area contributed by atoms with Gasteiger partial charge in [0.1, 0.15) is 11.8 Å². The van der Waals surface area contributed by atoms with Crippen molar-refractivity contribution in [2.24, 2.45) is 5.92 Å². The first kappa shape index (κ1) is 14.8. The van der Waals surface area contributed by atoms with Crippen molar-refractivity contribution in [3.8, 4) is 11.8 Å². The molecule has 1 aliphatic rings. The van der Waals surface area contributed by atoms with Gasteiger partial charge in [-0.15, -0.1) is 0 Å². The number of nitrogens with zero attached hydrogens (tertiary/aromatic N) is 7. The minimum absolute atomic E-state index is 0.140. The number of fused-ring (bicyclic) bond motifs is 2. The van der Waals surface area contributed by atoms with Crippen LogP contribution in [0.4, 0.5) is 5.95 Å². The first-order valence-electron chi connectivity index (χ1n) is 8.60. The van der Waals surface area contributed by atoms with E-state index in [0.29, 0.717) is 5.95 Å². The van der Waals surface area contributed by atoms with Crippen molar-refractivity contribution in [3.05, 3.63) is 36.9 Å². The molecule has 26 heavy (non-hydrogen) atoms. The highest BCUT2D eigenvalue weighted by atomic mass is 15.3. The number of piperidine rings is 1. The summed E-state index contributed by atoms with van der Waals surface area (Å²) in [6.45, 7) is 1.61. The first-order chi connectivity index (χ1) is 12.8. The van der Waals surface area contributed by atoms with Gasteiger partial charge in [-0.05, 0) is 31.0 Å². The molecule has 0 saturated carbocycles. The Hall–Kier alpha value is -3.47. The van der Waals surface area contributed by atoms with Gasteiger partial charge in [-0.1, -0.05) is 0 Å². The number of H-pyrrole nitrogens is 1. The van der Waals surface area contributed by atoms with E-state index in [1.54, 1.807) is 18.7 Å². The maximum absolute atomic E-state index is 9.07. The lowest BCUT2D eigenvalue weighted by Gasteiger charge is -2.28. The number of rotatable bonds is 2. The summed E-state index contributed by atoms with van der Waals surface area (Å²) in [5.41, 5.74) is 3.47. The van der Waals surface area contributed by atoms with Crippen LogP contribution in [-0.4, -0.2) is 42.8 Å². The zero-order chi connectivity index (χ0) is 17.5. The maximum Gasteiger partial charge on any atom is 0.227 e. The summed E-state index contributed by atoms with van der Waals surface area (Å²) < 4.78 is 1.96. The fourth-order valence-corrected chi connectivity index (χ4v) is 3.43. The van der Waals surface area contributed by atoms with Crippen LogP contribution in [-0.2, 0) is 0 Å². The van der Waals surface area contributed by atoms with E-state index in [2.05, 4.69) is 31.1 Å². The minimum atomic E-state index is 0.140. The molecule has 1 aromatic carbocycles. The SMILES string of the molecule is N#CC1CCN(c2ncc3ncn(-c4ccc5cn[nH]c5c4)c3n2)CC1. The van der Waals surface area contributed by atoms with Crippen LogP contribution in [0.3, 0.4) is 0 Å². The summed E-state index contributed by atoms with van der Waals surface area (Å²) in [6, 6.07) is 8.44. The fourth-order valence-electron chi connectivity index (χ4n) is 3.43. The summed E-state index contributed by atoms with van der Waals surface area (Å²) in [5, 5.41) is 17.2. The number of nitriles is 1. The summed E-state index contributed by atoms with van der Waals surface area (Å²) in [4.78, 5) is 15.8. The minimum Gasteiger partial charge on any atom is -0.341 e. The zero-order valence-electron chi connectivity index (χ0n) is 14.0. The smallest absolute Gasteiger partial charge is 0.227 e. The Morgan fingerprint density at radius 3 is 2.88 bits per heavy atom. The number of hydrogen-bond acceptors (Lipinski definition) is 6. The molecule has 0 amide bonds. The molecule has 8 nitrogen and oxygen atoms in total. The third-order valence-corrected chi connectivity index (χ3v) is 4.94. The van der Waals surface area contributed by atoms with Crippen molar-refractivity contribution >= 4 is 28.0 Å². The Morgan fingerprint density at radius 2 is 2.04 bits per heavy atom. The van der Waals surface area contributed by atoms with Crippen LogP contribution < -0.4 is 4.90 Å². The number of nitrogens with one attached hydrogen (secondary N) is 1. The Balaban J connectivity index is 1.54. The Labute approximate surface area is 149 Å². The topological polar surface area (TPSA) is 99.3 Å². The van der Waals surface area contributed by atoms with Crippen LogP contribution >= 0.6 is 0 Å². The number of hydrogen-bond donors (Lipinski definition) is 1. The molecule has 5 rings (SSSR count). The van der Waals surface area contributed by atoms with E-state index in [1.807, 2.05) is 22.8 Å². The Morgan fingerprint density at radius 1 is 1.15 bits per heavy atom. The summed E-state index contributed by atoms with van der Waals surface area (Å²) in [6.07, 6.45) is 7.04. The normalized spacial score (nSPS) is 15.6. The lowest BCUT2D eigenvalue weighted by atomic mass is 9.99. The third-order valence-electron chi connectivity index (χ3n) is 4.94. The van der Waals surface area contributed by atoms with Crippen LogP contribution in [0, 0.1) is 17.2 Å². The molecule has 1 aliphatic heterocycles. The zero-order valence-corrected chi connectivity index (χ0v) is 14.0. The van der Waals surface area contributed by atoms with Gasteiger partial charge in [0.25, 0.3) is 0 Å². The van der Waals surface area contributed by atoms with Gasteiger partial charge in [0, 0.05) is 24.4 Å². The van der Waals surface area contributed by atoms with Crippen molar-refractivity contribution in [1.29, 1.82) is 5.26 Å². The van der Waals surface area contributed by atoms with Gasteiger partial charge in [0.15, 0.2) is 5.65 Å². The van der Waals surface area contributed by atoms with E-state index in [-0.39, 0.29) is 5.92 Å². The average molecular weight is 344 g/mol. The van der Waals surface area contributed by atoms with Gasteiger partial charge in [-0.2, -0.15) is 15.3 Å². The van der Waals surface area contributed by atoms with Crippen molar-refractivity contribution in [2.45, 2.75) is 12.8 Å². The molecule has 4 aromatic rings. The molecule has 0 radical (unpaired) electrons. The van der Waals surface area contributed by atoms with E-state index < -0.39 is 0 Å². The van der Waals surface area contributed by atoms with Crippen LogP contribution in [0.15, 0.2) is 36.9 Å². The second-order valence-electron chi connectivity index (χ2n) is 6.53. The summed E-state index contributed by atoms with van der Waals surface area (Å²) in [5.74, 6) is 0.833. The highest BCUT2D eigenvalue weighted by Crippen LogP contribution is 2.24. The Kier molecular flexibility index (Phi) is 3.31. The van der Waals surface area contributed by atoms with E-state index in [1.165, 1.54) is 0 Å². The average Bonchev–Trinajstić information content (AvgIpc) is 3.33. The number of aromatic nitrogens is 6. The molecule has 0 atom stereocenters. The summed E-state index contributed by atoms with van der Waals surface area (Å²) >= 11 is 0. The standard InChI is InChI=1S/C18H16N8/c19-8-12-3-5-25(6-4-12)18-20-10-16-17(23-18)26(11-21-16)14-2-1-13-9-22-24-15(13)7-14/h1-2,7,9-12H,3-6H2,(H,22,24). The quantitative estimate of drug-likeness (QED) is 0.599. The van der Waals surface area contributed by atoms with Crippen LogP contribution in [0.1, 0.15) is 12.8 Å². The van der Waals surface area contributed by atoms with E-state index in [4.69, 9.17) is 10.2 Å². The molecule has 0 bridgehead atoms. The molecular weight excluding hydrogens is 328 g/mol. The number of imidazole rings is 1. The molecule has 3 aromatic heterocycles. The third kappa shape index (κ3) is 2.37. The first-order valence-corrected chi connectivity index (χ1v) is 8.60. The highest BCUT2D eigenvalue weighted by molar-refractivity contribution is 5.81. The highest BCUT2D eigenvalue weighted by Gasteiger charge is 2.21. The predicted molar refractivity (Wildman–Crippen MR) is 96.9 cm³/mol.